The molecule has 0 amide bonds. The molecule has 1 heterocycles. The smallest absolute Gasteiger partial charge is 0.159 e. The van der Waals surface area contributed by atoms with Gasteiger partial charge in [-0.2, -0.15) is 0 Å². The molecule has 0 unspecified atom stereocenters. The first-order valence-corrected chi connectivity index (χ1v) is 14.7. The van der Waals surface area contributed by atoms with Gasteiger partial charge in [0.25, 0.3) is 0 Å². The molecular formula is C32H48N2. The number of unbranched alkanes of at least 4 members (excludes halogenated alkanes) is 4. The van der Waals surface area contributed by atoms with Crippen LogP contribution in [0.15, 0.2) is 36.7 Å². The van der Waals surface area contributed by atoms with Gasteiger partial charge in [0.2, 0.25) is 0 Å². The van der Waals surface area contributed by atoms with Crippen molar-refractivity contribution in [2.75, 3.05) is 0 Å². The molecule has 4 rings (SSSR count). The Morgan fingerprint density at radius 2 is 1.06 bits per heavy atom. The van der Waals surface area contributed by atoms with Gasteiger partial charge >= 0.3 is 0 Å². The number of hydrogen-bond acceptors (Lipinski definition) is 2. The van der Waals surface area contributed by atoms with Crippen LogP contribution in [0, 0.1) is 11.8 Å². The molecule has 0 bridgehead atoms. The lowest BCUT2D eigenvalue weighted by Gasteiger charge is -2.29. The lowest BCUT2D eigenvalue weighted by molar-refractivity contribution is 0.302. The first kappa shape index (κ1) is 25.4. The van der Waals surface area contributed by atoms with Crippen LogP contribution < -0.4 is 0 Å². The van der Waals surface area contributed by atoms with Crippen molar-refractivity contribution >= 4 is 0 Å². The van der Waals surface area contributed by atoms with E-state index in [2.05, 4.69) is 50.5 Å². The van der Waals surface area contributed by atoms with Crippen molar-refractivity contribution in [2.24, 2.45) is 11.8 Å². The molecule has 0 atom stereocenters. The fourth-order valence-corrected chi connectivity index (χ4v) is 6.54. The Labute approximate surface area is 209 Å². The van der Waals surface area contributed by atoms with E-state index in [0.29, 0.717) is 5.92 Å². The van der Waals surface area contributed by atoms with Gasteiger partial charge in [-0.3, -0.25) is 0 Å². The van der Waals surface area contributed by atoms with Crippen LogP contribution in [0.25, 0.3) is 11.4 Å². The Balaban J connectivity index is 1.25. The average molecular weight is 461 g/mol. The van der Waals surface area contributed by atoms with Crippen LogP contribution in [0.3, 0.4) is 0 Å². The summed E-state index contributed by atoms with van der Waals surface area (Å²) in [6.45, 7) is 4.61. The van der Waals surface area contributed by atoms with Gasteiger partial charge < -0.3 is 0 Å². The molecule has 1 aromatic carbocycles. The molecule has 0 N–H and O–H groups in total. The maximum Gasteiger partial charge on any atom is 0.159 e. The third kappa shape index (κ3) is 7.15. The molecule has 0 aliphatic heterocycles. The summed E-state index contributed by atoms with van der Waals surface area (Å²) in [7, 11) is 0. The van der Waals surface area contributed by atoms with Crippen molar-refractivity contribution in [1.82, 2.24) is 9.97 Å². The predicted octanol–water partition coefficient (Wildman–Crippen LogP) is 9.85. The van der Waals surface area contributed by atoms with Crippen LogP contribution in [0.5, 0.6) is 0 Å². The molecule has 1 aromatic heterocycles. The van der Waals surface area contributed by atoms with Gasteiger partial charge in [-0.15, -0.1) is 0 Å². The molecule has 34 heavy (non-hydrogen) atoms. The van der Waals surface area contributed by atoms with E-state index in [4.69, 9.17) is 9.97 Å². The number of rotatable bonds is 11. The summed E-state index contributed by atoms with van der Waals surface area (Å²) in [5, 5.41) is 0. The van der Waals surface area contributed by atoms with E-state index in [-0.39, 0.29) is 0 Å². The molecule has 2 aromatic rings. The lowest BCUT2D eigenvalue weighted by atomic mass is 9.77. The SMILES string of the molecule is CCCCC[C@H]1CC[C@H](c2ccc(-c3ncc([C@H]4CC[C@H](CCCCC)CC4)cn3)cc2)CC1. The highest BCUT2D eigenvalue weighted by Gasteiger charge is 2.23. The van der Waals surface area contributed by atoms with Crippen LogP contribution in [0.1, 0.15) is 140 Å². The molecule has 2 aliphatic rings. The van der Waals surface area contributed by atoms with Crippen LogP contribution in [0.4, 0.5) is 0 Å². The maximum atomic E-state index is 4.78. The average Bonchev–Trinajstić information content (AvgIpc) is 2.90. The lowest BCUT2D eigenvalue weighted by Crippen LogP contribution is -2.14. The van der Waals surface area contributed by atoms with Crippen molar-refractivity contribution in [3.8, 4) is 11.4 Å². The minimum absolute atomic E-state index is 0.663. The van der Waals surface area contributed by atoms with Gasteiger partial charge in [0.05, 0.1) is 0 Å². The monoisotopic (exact) mass is 460 g/mol. The van der Waals surface area contributed by atoms with E-state index in [9.17, 15) is 0 Å². The topological polar surface area (TPSA) is 25.8 Å². The van der Waals surface area contributed by atoms with Crippen molar-refractivity contribution in [1.29, 1.82) is 0 Å². The Morgan fingerprint density at radius 3 is 1.53 bits per heavy atom. The van der Waals surface area contributed by atoms with E-state index < -0.39 is 0 Å². The van der Waals surface area contributed by atoms with Gasteiger partial charge in [-0.05, 0) is 86.2 Å². The van der Waals surface area contributed by atoms with Crippen LogP contribution in [0.2, 0.25) is 0 Å². The summed E-state index contributed by atoms with van der Waals surface area (Å²) >= 11 is 0. The number of aromatic nitrogens is 2. The van der Waals surface area contributed by atoms with E-state index in [1.54, 1.807) is 0 Å². The Kier molecular flexibility index (Phi) is 10.0. The van der Waals surface area contributed by atoms with Gasteiger partial charge in [-0.1, -0.05) is 89.5 Å². The third-order valence-corrected chi connectivity index (χ3v) is 8.91. The van der Waals surface area contributed by atoms with Gasteiger partial charge in [0.1, 0.15) is 0 Å². The van der Waals surface area contributed by atoms with E-state index in [1.165, 1.54) is 114 Å². The molecule has 2 heteroatoms. The summed E-state index contributed by atoms with van der Waals surface area (Å²) < 4.78 is 0. The highest BCUT2D eigenvalue weighted by Crippen LogP contribution is 2.39. The van der Waals surface area contributed by atoms with Crippen LogP contribution >= 0.6 is 0 Å². The largest absolute Gasteiger partial charge is 0.236 e. The molecule has 0 spiro atoms. The fourth-order valence-electron chi connectivity index (χ4n) is 6.54. The van der Waals surface area contributed by atoms with Gasteiger partial charge in [0.15, 0.2) is 5.82 Å². The van der Waals surface area contributed by atoms with E-state index in [0.717, 1.165) is 29.1 Å². The van der Waals surface area contributed by atoms with Crippen molar-refractivity contribution in [3.05, 3.63) is 47.8 Å². The van der Waals surface area contributed by atoms with Crippen molar-refractivity contribution < 1.29 is 0 Å². The minimum atomic E-state index is 0.663. The molecule has 2 nitrogen and oxygen atoms in total. The fraction of sp³-hybridized carbons (Fsp3) is 0.688. The second kappa shape index (κ2) is 13.4. The van der Waals surface area contributed by atoms with Crippen molar-refractivity contribution in [2.45, 2.75) is 128 Å². The summed E-state index contributed by atoms with van der Waals surface area (Å²) in [6.07, 6.45) is 26.4. The molecule has 0 saturated heterocycles. The van der Waals surface area contributed by atoms with Crippen LogP contribution in [-0.2, 0) is 0 Å². The Bertz CT molecular complexity index is 738. The molecule has 2 fully saturated rings. The van der Waals surface area contributed by atoms with Gasteiger partial charge in [0, 0.05) is 18.0 Å². The van der Waals surface area contributed by atoms with E-state index in [1.807, 2.05) is 0 Å². The summed E-state index contributed by atoms with van der Waals surface area (Å²) in [4.78, 5) is 9.56. The maximum absolute atomic E-state index is 4.78. The predicted molar refractivity (Wildman–Crippen MR) is 145 cm³/mol. The number of nitrogens with zero attached hydrogens (tertiary/aromatic N) is 2. The molecule has 186 valence electrons. The number of benzene rings is 1. The second-order valence-corrected chi connectivity index (χ2v) is 11.4. The zero-order valence-corrected chi connectivity index (χ0v) is 22.0. The first-order chi connectivity index (χ1) is 16.8. The zero-order chi connectivity index (χ0) is 23.6. The third-order valence-electron chi connectivity index (χ3n) is 8.91. The van der Waals surface area contributed by atoms with Gasteiger partial charge in [-0.25, -0.2) is 9.97 Å². The normalized spacial score (nSPS) is 25.4. The highest BCUT2D eigenvalue weighted by molar-refractivity contribution is 5.55. The molecule has 0 radical (unpaired) electrons. The molecular weight excluding hydrogens is 412 g/mol. The Hall–Kier alpha value is -1.70. The summed E-state index contributed by atoms with van der Waals surface area (Å²) in [5.41, 5.74) is 4.02. The molecule has 2 saturated carbocycles. The van der Waals surface area contributed by atoms with E-state index >= 15 is 0 Å². The Morgan fingerprint density at radius 1 is 0.588 bits per heavy atom. The molecule has 2 aliphatic carbocycles. The quantitative estimate of drug-likeness (QED) is 0.312. The standard InChI is InChI=1S/C32H48N2/c1-3-5-7-9-25-11-15-27(16-12-25)28-19-21-30(22-20-28)32-33-23-31(24-34-32)29-17-13-26(14-18-29)10-8-6-4-2/h19-27,29H,3-18H2,1-2H3/t25-,26-,27-,29-. The zero-order valence-electron chi connectivity index (χ0n) is 22.0. The van der Waals surface area contributed by atoms with Crippen molar-refractivity contribution in [3.63, 3.8) is 0 Å². The summed E-state index contributed by atoms with van der Waals surface area (Å²) in [6, 6.07) is 9.18. The highest BCUT2D eigenvalue weighted by atomic mass is 14.9. The number of hydrogen-bond donors (Lipinski definition) is 0. The second-order valence-electron chi connectivity index (χ2n) is 11.4. The minimum Gasteiger partial charge on any atom is -0.236 e. The first-order valence-electron chi connectivity index (χ1n) is 14.7. The van der Waals surface area contributed by atoms with Crippen LogP contribution in [-0.4, -0.2) is 9.97 Å². The summed E-state index contributed by atoms with van der Waals surface area (Å²) in [5.74, 6) is 4.22.